The maximum Gasteiger partial charge on any atom is 0.280 e. The van der Waals surface area contributed by atoms with E-state index in [1.165, 1.54) is 23.5 Å². The zero-order chi connectivity index (χ0) is 20.2. The van der Waals surface area contributed by atoms with Gasteiger partial charge in [0.2, 0.25) is 0 Å². The van der Waals surface area contributed by atoms with Crippen LogP contribution in [0.15, 0.2) is 30.5 Å². The summed E-state index contributed by atoms with van der Waals surface area (Å²) in [6, 6.07) is 6.22. The summed E-state index contributed by atoms with van der Waals surface area (Å²) in [5.74, 6) is -0.488. The van der Waals surface area contributed by atoms with Gasteiger partial charge < -0.3 is 4.74 Å². The molecule has 9 heteroatoms. The maximum absolute atomic E-state index is 13.6. The molecule has 29 heavy (non-hydrogen) atoms. The van der Waals surface area contributed by atoms with Gasteiger partial charge in [0.25, 0.3) is 5.91 Å². The fourth-order valence-electron chi connectivity index (χ4n) is 3.35. The number of morpholine rings is 1. The first-order chi connectivity index (χ1) is 14.1. The number of amides is 1. The van der Waals surface area contributed by atoms with Crippen molar-refractivity contribution >= 4 is 32.6 Å². The van der Waals surface area contributed by atoms with Crippen molar-refractivity contribution in [3.63, 3.8) is 0 Å². The van der Waals surface area contributed by atoms with Crippen LogP contribution in [-0.2, 0) is 11.3 Å². The van der Waals surface area contributed by atoms with Crippen molar-refractivity contribution in [2.24, 2.45) is 0 Å². The quantitative estimate of drug-likeness (QED) is 0.591. The largest absolute Gasteiger partial charge is 0.379 e. The van der Waals surface area contributed by atoms with E-state index in [0.717, 1.165) is 44.0 Å². The summed E-state index contributed by atoms with van der Waals surface area (Å²) in [6.07, 6.45) is 2.61. The lowest BCUT2D eigenvalue weighted by Crippen LogP contribution is -2.39. The molecule has 0 bridgehead atoms. The molecule has 0 aliphatic carbocycles. The number of halogens is 1. The molecule has 1 amide bonds. The normalized spacial score (nSPS) is 15.1. The van der Waals surface area contributed by atoms with Crippen molar-refractivity contribution in [3.05, 3.63) is 42.0 Å². The van der Waals surface area contributed by atoms with Gasteiger partial charge in [-0.3, -0.25) is 19.3 Å². The minimum absolute atomic E-state index is 0.182. The Bertz CT molecular complexity index is 982. The van der Waals surface area contributed by atoms with Gasteiger partial charge in [0, 0.05) is 38.9 Å². The number of aryl methyl sites for hydroxylation is 1. The molecule has 1 aliphatic rings. The second-order valence-corrected chi connectivity index (χ2v) is 7.94. The smallest absolute Gasteiger partial charge is 0.280 e. The van der Waals surface area contributed by atoms with E-state index in [1.54, 1.807) is 27.9 Å². The van der Waals surface area contributed by atoms with Crippen LogP contribution in [0.5, 0.6) is 0 Å². The second-order valence-electron chi connectivity index (χ2n) is 6.93. The molecule has 0 unspecified atom stereocenters. The van der Waals surface area contributed by atoms with Crippen molar-refractivity contribution < 1.29 is 13.9 Å². The average Bonchev–Trinajstić information content (AvgIpc) is 3.38. The van der Waals surface area contributed by atoms with Crippen LogP contribution >= 0.6 is 11.3 Å². The highest BCUT2D eigenvalue weighted by atomic mass is 32.1. The number of hydrogen-bond acceptors (Lipinski definition) is 6. The minimum Gasteiger partial charge on any atom is -0.379 e. The topological polar surface area (TPSA) is 63.5 Å². The number of aromatic nitrogens is 3. The Kier molecular flexibility index (Phi) is 6.17. The third-order valence-corrected chi connectivity index (χ3v) is 6.00. The lowest BCUT2D eigenvalue weighted by atomic mass is 10.3. The van der Waals surface area contributed by atoms with E-state index >= 15 is 0 Å². The molecule has 1 aliphatic heterocycles. The third kappa shape index (κ3) is 4.63. The molecular weight excluding hydrogens is 393 g/mol. The summed E-state index contributed by atoms with van der Waals surface area (Å²) in [5, 5.41) is 4.93. The van der Waals surface area contributed by atoms with Gasteiger partial charge in [-0.2, -0.15) is 5.10 Å². The monoisotopic (exact) mass is 417 g/mol. The molecule has 4 rings (SSSR count). The highest BCUT2D eigenvalue weighted by molar-refractivity contribution is 7.22. The summed E-state index contributed by atoms with van der Waals surface area (Å²) >= 11 is 1.33. The summed E-state index contributed by atoms with van der Waals surface area (Å²) in [4.78, 5) is 21.8. The molecule has 0 radical (unpaired) electrons. The van der Waals surface area contributed by atoms with Crippen molar-refractivity contribution in [1.29, 1.82) is 0 Å². The van der Waals surface area contributed by atoms with Crippen LogP contribution in [0.1, 0.15) is 23.8 Å². The van der Waals surface area contributed by atoms with E-state index in [0.29, 0.717) is 29.4 Å². The highest BCUT2D eigenvalue weighted by Crippen LogP contribution is 2.30. The van der Waals surface area contributed by atoms with Crippen LogP contribution in [0.25, 0.3) is 10.2 Å². The van der Waals surface area contributed by atoms with Gasteiger partial charge in [0.1, 0.15) is 5.82 Å². The number of hydrogen-bond donors (Lipinski definition) is 0. The Hall–Kier alpha value is -2.36. The van der Waals surface area contributed by atoms with Crippen LogP contribution in [0, 0.1) is 5.82 Å². The van der Waals surface area contributed by atoms with E-state index < -0.39 is 0 Å². The van der Waals surface area contributed by atoms with Gasteiger partial charge in [0.05, 0.1) is 23.4 Å². The molecule has 0 atom stereocenters. The van der Waals surface area contributed by atoms with E-state index in [2.05, 4.69) is 15.0 Å². The standard InChI is InChI=1S/C20H24FN5O2S/c1-2-25-9-6-17(23-25)19(27)26(8-3-7-24-10-12-28-13-11-24)20-22-16-5-4-15(21)14-18(16)29-20/h4-6,9,14H,2-3,7-8,10-13H2,1H3. The fourth-order valence-corrected chi connectivity index (χ4v) is 4.37. The van der Waals surface area contributed by atoms with Crippen molar-refractivity contribution in [3.8, 4) is 0 Å². The van der Waals surface area contributed by atoms with Crippen LogP contribution in [-0.4, -0.2) is 65.0 Å². The molecule has 0 saturated carbocycles. The summed E-state index contributed by atoms with van der Waals surface area (Å²) in [7, 11) is 0. The predicted octanol–water partition coefficient (Wildman–Crippen LogP) is 3.02. The van der Waals surface area contributed by atoms with Gasteiger partial charge in [-0.05, 0) is 37.6 Å². The molecule has 7 nitrogen and oxygen atoms in total. The number of thiazole rings is 1. The van der Waals surface area contributed by atoms with Crippen molar-refractivity contribution in [2.45, 2.75) is 19.9 Å². The zero-order valence-corrected chi connectivity index (χ0v) is 17.2. The number of benzene rings is 1. The molecule has 154 valence electrons. The van der Waals surface area contributed by atoms with Gasteiger partial charge in [0.15, 0.2) is 10.8 Å². The first-order valence-electron chi connectivity index (χ1n) is 9.85. The number of rotatable bonds is 7. The van der Waals surface area contributed by atoms with Crippen LogP contribution < -0.4 is 4.90 Å². The maximum atomic E-state index is 13.6. The molecule has 2 aromatic heterocycles. The van der Waals surface area contributed by atoms with Gasteiger partial charge in [-0.1, -0.05) is 11.3 Å². The summed E-state index contributed by atoms with van der Waals surface area (Å²) in [6.45, 7) is 7.41. The van der Waals surface area contributed by atoms with E-state index in [1.807, 2.05) is 6.92 Å². The van der Waals surface area contributed by atoms with Crippen LogP contribution in [0.2, 0.25) is 0 Å². The van der Waals surface area contributed by atoms with E-state index in [-0.39, 0.29) is 11.7 Å². The number of carbonyl (C=O) groups excluding carboxylic acids is 1. The Morgan fingerprint density at radius 3 is 2.90 bits per heavy atom. The SMILES string of the molecule is CCn1ccc(C(=O)N(CCCN2CCOCC2)c2nc3ccc(F)cc3s2)n1. The average molecular weight is 418 g/mol. The molecule has 0 spiro atoms. The molecule has 0 N–H and O–H groups in total. The van der Waals surface area contributed by atoms with Crippen LogP contribution in [0.4, 0.5) is 9.52 Å². The van der Waals surface area contributed by atoms with Gasteiger partial charge in [-0.25, -0.2) is 9.37 Å². The van der Waals surface area contributed by atoms with E-state index in [4.69, 9.17) is 4.74 Å². The molecule has 3 heterocycles. The zero-order valence-electron chi connectivity index (χ0n) is 16.4. The number of ether oxygens (including phenoxy) is 1. The van der Waals surface area contributed by atoms with Gasteiger partial charge in [-0.15, -0.1) is 0 Å². The predicted molar refractivity (Wildman–Crippen MR) is 111 cm³/mol. The highest BCUT2D eigenvalue weighted by Gasteiger charge is 2.23. The Labute approximate surface area is 172 Å². The Morgan fingerprint density at radius 2 is 2.14 bits per heavy atom. The number of fused-ring (bicyclic) bond motifs is 1. The van der Waals surface area contributed by atoms with E-state index in [9.17, 15) is 9.18 Å². The third-order valence-electron chi connectivity index (χ3n) is 4.96. The number of nitrogens with zero attached hydrogens (tertiary/aromatic N) is 5. The molecule has 1 fully saturated rings. The van der Waals surface area contributed by atoms with Gasteiger partial charge >= 0.3 is 0 Å². The molecular formula is C20H24FN5O2S. The first kappa shape index (κ1) is 19.9. The summed E-state index contributed by atoms with van der Waals surface area (Å²) < 4.78 is 21.4. The first-order valence-corrected chi connectivity index (χ1v) is 10.7. The summed E-state index contributed by atoms with van der Waals surface area (Å²) in [5.41, 5.74) is 1.08. The Balaban J connectivity index is 1.55. The minimum atomic E-state index is -0.306. The second kappa shape index (κ2) is 8.98. The molecule has 1 saturated heterocycles. The number of carbonyl (C=O) groups is 1. The number of anilines is 1. The lowest BCUT2D eigenvalue weighted by molar-refractivity contribution is 0.0376. The van der Waals surface area contributed by atoms with Crippen molar-refractivity contribution in [1.82, 2.24) is 19.7 Å². The molecule has 1 aromatic carbocycles. The van der Waals surface area contributed by atoms with Crippen LogP contribution in [0.3, 0.4) is 0 Å². The fraction of sp³-hybridized carbons (Fsp3) is 0.450. The molecule has 3 aromatic rings. The Morgan fingerprint density at radius 1 is 1.31 bits per heavy atom. The lowest BCUT2D eigenvalue weighted by Gasteiger charge is -2.27. The van der Waals surface area contributed by atoms with Crippen molar-refractivity contribution in [2.75, 3.05) is 44.3 Å².